The van der Waals surface area contributed by atoms with Crippen LogP contribution in [0.3, 0.4) is 0 Å². The maximum absolute atomic E-state index is 11.7. The van der Waals surface area contributed by atoms with Crippen molar-refractivity contribution < 1.29 is 4.79 Å². The summed E-state index contributed by atoms with van der Waals surface area (Å²) in [6.45, 7) is 8.44. The Morgan fingerprint density at radius 2 is 1.76 bits per heavy atom. The molecule has 2 N–H and O–H groups in total. The lowest BCUT2D eigenvalue weighted by molar-refractivity contribution is -0.121. The zero-order valence-corrected chi connectivity index (χ0v) is 14.3. The molecule has 0 aromatic heterocycles. The standard InChI is InChI=1S/C16H25N3OS/c1-11(2)13-6-8-14(9-7-13)18-16(21)19(5)10-15(20)17-12(3)4/h6-9,11-12H,10H2,1-5H3,(H,17,20)(H,18,21). The van der Waals surface area contributed by atoms with Gasteiger partial charge in [0.2, 0.25) is 5.91 Å². The summed E-state index contributed by atoms with van der Waals surface area (Å²) < 4.78 is 0. The van der Waals surface area contributed by atoms with Crippen molar-refractivity contribution in [2.45, 2.75) is 39.7 Å². The van der Waals surface area contributed by atoms with Crippen LogP contribution < -0.4 is 10.6 Å². The number of likely N-dealkylation sites (N-methyl/N-ethyl adjacent to an activating group) is 1. The van der Waals surface area contributed by atoms with Crippen LogP contribution >= 0.6 is 12.2 Å². The Labute approximate surface area is 132 Å². The SMILES string of the molecule is CC(C)NC(=O)CN(C)C(=S)Nc1ccc(C(C)C)cc1. The summed E-state index contributed by atoms with van der Waals surface area (Å²) in [7, 11) is 1.80. The van der Waals surface area contributed by atoms with Crippen LogP contribution in [-0.4, -0.2) is 35.6 Å². The van der Waals surface area contributed by atoms with Gasteiger partial charge < -0.3 is 15.5 Å². The first-order valence-electron chi connectivity index (χ1n) is 7.21. The van der Waals surface area contributed by atoms with E-state index in [-0.39, 0.29) is 18.5 Å². The molecule has 0 bridgehead atoms. The molecule has 0 heterocycles. The molecule has 0 radical (unpaired) electrons. The molecule has 0 atom stereocenters. The monoisotopic (exact) mass is 307 g/mol. The van der Waals surface area contributed by atoms with Gasteiger partial charge in [-0.25, -0.2) is 0 Å². The Kier molecular flexibility index (Phi) is 6.62. The maximum atomic E-state index is 11.7. The van der Waals surface area contributed by atoms with E-state index in [2.05, 4.69) is 36.6 Å². The predicted octanol–water partition coefficient (Wildman–Crippen LogP) is 2.96. The highest BCUT2D eigenvalue weighted by Gasteiger charge is 2.10. The third-order valence-corrected chi connectivity index (χ3v) is 3.42. The molecule has 21 heavy (non-hydrogen) atoms. The lowest BCUT2D eigenvalue weighted by Gasteiger charge is -2.21. The van der Waals surface area contributed by atoms with Gasteiger partial charge in [0.25, 0.3) is 0 Å². The molecule has 0 fully saturated rings. The van der Waals surface area contributed by atoms with Crippen LogP contribution in [0.4, 0.5) is 5.69 Å². The Morgan fingerprint density at radius 3 is 2.24 bits per heavy atom. The molecule has 4 nitrogen and oxygen atoms in total. The van der Waals surface area contributed by atoms with Crippen LogP contribution in [0.1, 0.15) is 39.2 Å². The number of carbonyl (C=O) groups excluding carboxylic acids is 1. The van der Waals surface area contributed by atoms with Gasteiger partial charge in [-0.15, -0.1) is 0 Å². The minimum absolute atomic E-state index is 0.0354. The molecule has 0 spiro atoms. The van der Waals surface area contributed by atoms with Crippen LogP contribution in [0, 0.1) is 0 Å². The van der Waals surface area contributed by atoms with Gasteiger partial charge in [-0.3, -0.25) is 4.79 Å². The fraction of sp³-hybridized carbons (Fsp3) is 0.500. The molecule has 0 unspecified atom stereocenters. The van der Waals surface area contributed by atoms with Crippen molar-refractivity contribution in [1.29, 1.82) is 0 Å². The predicted molar refractivity (Wildman–Crippen MR) is 92.7 cm³/mol. The van der Waals surface area contributed by atoms with Crippen molar-refractivity contribution in [2.75, 3.05) is 18.9 Å². The van der Waals surface area contributed by atoms with Crippen LogP contribution in [0.5, 0.6) is 0 Å². The highest BCUT2D eigenvalue weighted by molar-refractivity contribution is 7.80. The normalized spacial score (nSPS) is 10.6. The van der Waals surface area contributed by atoms with E-state index in [1.807, 2.05) is 26.0 Å². The molecule has 0 saturated carbocycles. The number of rotatable bonds is 5. The van der Waals surface area contributed by atoms with Gasteiger partial charge in [0.15, 0.2) is 5.11 Å². The molecule has 1 amide bonds. The first-order valence-corrected chi connectivity index (χ1v) is 7.62. The first-order chi connectivity index (χ1) is 9.79. The van der Waals surface area contributed by atoms with E-state index in [9.17, 15) is 4.79 Å². The number of hydrogen-bond acceptors (Lipinski definition) is 2. The average Bonchev–Trinajstić information content (AvgIpc) is 2.38. The third kappa shape index (κ3) is 6.12. The van der Waals surface area contributed by atoms with Gasteiger partial charge in [0.05, 0.1) is 6.54 Å². The van der Waals surface area contributed by atoms with Gasteiger partial charge in [0.1, 0.15) is 0 Å². The minimum atomic E-state index is -0.0354. The van der Waals surface area contributed by atoms with Gasteiger partial charge in [-0.1, -0.05) is 26.0 Å². The lowest BCUT2D eigenvalue weighted by atomic mass is 10.0. The number of benzene rings is 1. The summed E-state index contributed by atoms with van der Waals surface area (Å²) in [4.78, 5) is 13.4. The Balaban J connectivity index is 2.53. The minimum Gasteiger partial charge on any atom is -0.352 e. The molecule has 1 aromatic carbocycles. The second kappa shape index (κ2) is 7.98. The van der Waals surface area contributed by atoms with E-state index in [1.165, 1.54) is 5.56 Å². The number of carbonyl (C=O) groups is 1. The summed E-state index contributed by atoms with van der Waals surface area (Å²) in [6.07, 6.45) is 0. The average molecular weight is 307 g/mol. The summed E-state index contributed by atoms with van der Waals surface area (Å²) in [5, 5.41) is 6.52. The van der Waals surface area contributed by atoms with Crippen LogP contribution in [0.2, 0.25) is 0 Å². The molecule has 5 heteroatoms. The number of thiocarbonyl (C=S) groups is 1. The molecule has 0 aliphatic rings. The maximum Gasteiger partial charge on any atom is 0.239 e. The van der Waals surface area contributed by atoms with Gasteiger partial charge >= 0.3 is 0 Å². The highest BCUT2D eigenvalue weighted by Crippen LogP contribution is 2.17. The number of amides is 1. The summed E-state index contributed by atoms with van der Waals surface area (Å²) in [6, 6.07) is 8.31. The van der Waals surface area contributed by atoms with E-state index in [1.54, 1.807) is 11.9 Å². The zero-order valence-electron chi connectivity index (χ0n) is 13.4. The second-order valence-corrected chi connectivity index (χ2v) is 6.17. The molecular formula is C16H25N3OS. The van der Waals surface area contributed by atoms with Crippen LogP contribution in [-0.2, 0) is 4.79 Å². The van der Waals surface area contributed by atoms with Crippen molar-refractivity contribution in [1.82, 2.24) is 10.2 Å². The van der Waals surface area contributed by atoms with Crippen molar-refractivity contribution in [3.05, 3.63) is 29.8 Å². The Bertz CT molecular complexity index is 483. The van der Waals surface area contributed by atoms with E-state index in [0.29, 0.717) is 11.0 Å². The number of nitrogens with one attached hydrogen (secondary N) is 2. The van der Waals surface area contributed by atoms with Gasteiger partial charge in [0, 0.05) is 18.8 Å². The third-order valence-electron chi connectivity index (χ3n) is 3.01. The molecular weight excluding hydrogens is 282 g/mol. The molecule has 116 valence electrons. The smallest absolute Gasteiger partial charge is 0.239 e. The summed E-state index contributed by atoms with van der Waals surface area (Å²) in [5.41, 5.74) is 2.22. The largest absolute Gasteiger partial charge is 0.352 e. The molecule has 0 aliphatic heterocycles. The van der Waals surface area contributed by atoms with Crippen molar-refractivity contribution >= 4 is 28.9 Å². The van der Waals surface area contributed by atoms with Crippen LogP contribution in [0.25, 0.3) is 0 Å². The van der Waals surface area contributed by atoms with Crippen LogP contribution in [0.15, 0.2) is 24.3 Å². The molecule has 1 aromatic rings. The molecule has 0 aliphatic carbocycles. The zero-order chi connectivity index (χ0) is 16.0. The van der Waals surface area contributed by atoms with E-state index in [4.69, 9.17) is 12.2 Å². The number of hydrogen-bond donors (Lipinski definition) is 2. The molecule has 0 saturated heterocycles. The highest BCUT2D eigenvalue weighted by atomic mass is 32.1. The number of anilines is 1. The number of nitrogens with zero attached hydrogens (tertiary/aromatic N) is 1. The van der Waals surface area contributed by atoms with Crippen molar-refractivity contribution in [2.24, 2.45) is 0 Å². The Morgan fingerprint density at radius 1 is 1.19 bits per heavy atom. The Hall–Kier alpha value is -1.62. The topological polar surface area (TPSA) is 44.4 Å². The van der Waals surface area contributed by atoms with Gasteiger partial charge in [-0.2, -0.15) is 0 Å². The molecule has 1 rings (SSSR count). The second-order valence-electron chi connectivity index (χ2n) is 5.79. The fourth-order valence-electron chi connectivity index (χ4n) is 1.83. The first kappa shape index (κ1) is 17.4. The van der Waals surface area contributed by atoms with Gasteiger partial charge in [-0.05, 0) is 49.7 Å². The van der Waals surface area contributed by atoms with Crippen molar-refractivity contribution in [3.8, 4) is 0 Å². The summed E-state index contributed by atoms with van der Waals surface area (Å²) in [5.74, 6) is 0.472. The quantitative estimate of drug-likeness (QED) is 0.821. The van der Waals surface area contributed by atoms with Crippen molar-refractivity contribution in [3.63, 3.8) is 0 Å². The summed E-state index contributed by atoms with van der Waals surface area (Å²) >= 11 is 5.31. The van der Waals surface area contributed by atoms with E-state index < -0.39 is 0 Å². The van der Waals surface area contributed by atoms with E-state index in [0.717, 1.165) is 5.69 Å². The van der Waals surface area contributed by atoms with E-state index >= 15 is 0 Å². The lowest BCUT2D eigenvalue weighted by Crippen LogP contribution is -2.42. The fourth-order valence-corrected chi connectivity index (χ4v) is 2.01.